The molecular formula is C13H16ClN3O2. The molecule has 1 aromatic carbocycles. The van der Waals surface area contributed by atoms with Crippen LogP contribution in [-0.4, -0.2) is 32.1 Å². The largest absolute Gasteiger partial charge is 0.383 e. The molecule has 0 aliphatic carbocycles. The molecule has 0 aromatic heterocycles. The standard InChI is InChI=1S/C13H16ClN3O2/c1-8-7-9(14)3-4-10(8)11-12(18)17-13(16-11)15-5-6-19-2/h3-4,7,11H,5-6H2,1-2H3,(H2,15,16,17,18). The van der Waals surface area contributed by atoms with Gasteiger partial charge >= 0.3 is 0 Å². The van der Waals surface area contributed by atoms with E-state index < -0.39 is 6.04 Å². The Morgan fingerprint density at radius 2 is 2.26 bits per heavy atom. The smallest absolute Gasteiger partial charge is 0.253 e. The number of nitrogens with zero attached hydrogens (tertiary/aromatic N) is 1. The molecule has 1 unspecified atom stereocenters. The summed E-state index contributed by atoms with van der Waals surface area (Å²) in [6.07, 6.45) is 0. The molecule has 1 aromatic rings. The number of aryl methyl sites for hydroxylation is 1. The van der Waals surface area contributed by atoms with Crippen LogP contribution in [0.25, 0.3) is 0 Å². The summed E-state index contributed by atoms with van der Waals surface area (Å²) in [4.78, 5) is 16.1. The van der Waals surface area contributed by atoms with Crippen molar-refractivity contribution in [3.63, 3.8) is 0 Å². The lowest BCUT2D eigenvalue weighted by Crippen LogP contribution is -2.26. The number of guanidine groups is 1. The van der Waals surface area contributed by atoms with E-state index in [2.05, 4.69) is 15.6 Å². The van der Waals surface area contributed by atoms with Gasteiger partial charge in [-0.3, -0.25) is 15.1 Å². The average Bonchev–Trinajstić information content (AvgIpc) is 2.71. The molecule has 102 valence electrons. The van der Waals surface area contributed by atoms with Crippen LogP contribution < -0.4 is 10.6 Å². The van der Waals surface area contributed by atoms with Gasteiger partial charge < -0.3 is 10.1 Å². The van der Waals surface area contributed by atoms with E-state index in [4.69, 9.17) is 16.3 Å². The van der Waals surface area contributed by atoms with Gasteiger partial charge in [0.05, 0.1) is 13.2 Å². The van der Waals surface area contributed by atoms with Crippen LogP contribution in [0.1, 0.15) is 17.2 Å². The second kappa shape index (κ2) is 6.04. The summed E-state index contributed by atoms with van der Waals surface area (Å²) in [5, 5.41) is 6.44. The van der Waals surface area contributed by atoms with Crippen molar-refractivity contribution < 1.29 is 9.53 Å². The number of hydrogen-bond donors (Lipinski definition) is 2. The quantitative estimate of drug-likeness (QED) is 0.821. The third-order valence-corrected chi connectivity index (χ3v) is 3.13. The van der Waals surface area contributed by atoms with Crippen LogP contribution >= 0.6 is 11.6 Å². The number of nitrogens with one attached hydrogen (secondary N) is 2. The number of amides is 1. The first kappa shape index (κ1) is 13.8. The van der Waals surface area contributed by atoms with E-state index in [0.29, 0.717) is 24.1 Å². The topological polar surface area (TPSA) is 62.7 Å². The van der Waals surface area contributed by atoms with Crippen molar-refractivity contribution in [1.29, 1.82) is 0 Å². The van der Waals surface area contributed by atoms with Crippen LogP contribution in [0.2, 0.25) is 5.02 Å². The van der Waals surface area contributed by atoms with Gasteiger partial charge in [0.15, 0.2) is 5.96 Å². The number of ether oxygens (including phenoxy) is 1. The highest BCUT2D eigenvalue weighted by Crippen LogP contribution is 2.23. The molecule has 1 aliphatic heterocycles. The van der Waals surface area contributed by atoms with Crippen molar-refractivity contribution in [2.75, 3.05) is 20.3 Å². The van der Waals surface area contributed by atoms with Crippen LogP contribution in [0.5, 0.6) is 0 Å². The van der Waals surface area contributed by atoms with Crippen molar-refractivity contribution in [3.05, 3.63) is 34.3 Å². The van der Waals surface area contributed by atoms with Gasteiger partial charge in [0.2, 0.25) is 0 Å². The molecular weight excluding hydrogens is 266 g/mol. The zero-order chi connectivity index (χ0) is 13.8. The van der Waals surface area contributed by atoms with Gasteiger partial charge in [-0.2, -0.15) is 0 Å². The zero-order valence-corrected chi connectivity index (χ0v) is 11.6. The normalized spacial score (nSPS) is 20.5. The molecule has 1 amide bonds. The molecule has 2 rings (SSSR count). The van der Waals surface area contributed by atoms with Crippen LogP contribution in [0.4, 0.5) is 0 Å². The first-order valence-corrected chi connectivity index (χ1v) is 6.36. The number of halogens is 1. The number of methoxy groups -OCH3 is 1. The average molecular weight is 282 g/mol. The highest BCUT2D eigenvalue weighted by atomic mass is 35.5. The maximum Gasteiger partial charge on any atom is 0.253 e. The first-order valence-electron chi connectivity index (χ1n) is 5.98. The molecule has 1 atom stereocenters. The van der Waals surface area contributed by atoms with Gasteiger partial charge in [-0.1, -0.05) is 17.7 Å². The minimum atomic E-state index is -0.418. The predicted octanol–water partition coefficient (Wildman–Crippen LogP) is 1.41. The fraction of sp³-hybridized carbons (Fsp3) is 0.385. The van der Waals surface area contributed by atoms with E-state index in [1.54, 1.807) is 13.2 Å². The lowest BCUT2D eigenvalue weighted by atomic mass is 10.0. The fourth-order valence-electron chi connectivity index (χ4n) is 1.94. The first-order chi connectivity index (χ1) is 9.11. The number of benzene rings is 1. The number of aliphatic imine (C=N–C) groups is 1. The van der Waals surface area contributed by atoms with Crippen molar-refractivity contribution in [2.24, 2.45) is 4.99 Å². The molecule has 0 radical (unpaired) electrons. The molecule has 2 N–H and O–H groups in total. The van der Waals surface area contributed by atoms with Crippen LogP contribution in [0.15, 0.2) is 23.2 Å². The Bertz CT molecular complexity index is 517. The van der Waals surface area contributed by atoms with Crippen LogP contribution in [0, 0.1) is 6.92 Å². The van der Waals surface area contributed by atoms with Gasteiger partial charge in [-0.05, 0) is 30.2 Å². The maximum absolute atomic E-state index is 11.9. The Kier molecular flexibility index (Phi) is 4.39. The Morgan fingerprint density at radius 3 is 2.95 bits per heavy atom. The minimum Gasteiger partial charge on any atom is -0.383 e. The van der Waals surface area contributed by atoms with Crippen molar-refractivity contribution >= 4 is 23.5 Å². The molecule has 6 heteroatoms. The van der Waals surface area contributed by atoms with Gasteiger partial charge in [0.25, 0.3) is 5.91 Å². The second-order valence-corrected chi connectivity index (χ2v) is 4.73. The van der Waals surface area contributed by atoms with E-state index in [1.807, 2.05) is 19.1 Å². The van der Waals surface area contributed by atoms with Gasteiger partial charge in [-0.25, -0.2) is 0 Å². The fourth-order valence-corrected chi connectivity index (χ4v) is 2.17. The highest BCUT2D eigenvalue weighted by Gasteiger charge is 2.30. The Morgan fingerprint density at radius 1 is 1.47 bits per heavy atom. The molecule has 1 heterocycles. The Balaban J connectivity index is 2.13. The Hall–Kier alpha value is -1.59. The molecule has 0 saturated carbocycles. The molecule has 5 nitrogen and oxygen atoms in total. The molecule has 1 aliphatic rings. The second-order valence-electron chi connectivity index (χ2n) is 4.29. The van der Waals surface area contributed by atoms with E-state index in [0.717, 1.165) is 11.1 Å². The molecule has 1 fully saturated rings. The minimum absolute atomic E-state index is 0.110. The maximum atomic E-state index is 11.9. The van der Waals surface area contributed by atoms with Crippen molar-refractivity contribution in [3.8, 4) is 0 Å². The van der Waals surface area contributed by atoms with Crippen molar-refractivity contribution in [2.45, 2.75) is 13.0 Å². The predicted molar refractivity (Wildman–Crippen MR) is 74.4 cm³/mol. The van der Waals surface area contributed by atoms with E-state index in [-0.39, 0.29) is 5.91 Å². The lowest BCUT2D eigenvalue weighted by molar-refractivity contribution is -0.120. The number of rotatable bonds is 4. The third-order valence-electron chi connectivity index (χ3n) is 2.89. The third kappa shape index (κ3) is 3.24. The SMILES string of the molecule is COCCN=C1NC(=O)C(c2ccc(Cl)cc2C)N1. The lowest BCUT2D eigenvalue weighted by Gasteiger charge is -2.11. The number of hydrogen-bond acceptors (Lipinski definition) is 3. The summed E-state index contributed by atoms with van der Waals surface area (Å²) in [5.74, 6) is 0.378. The van der Waals surface area contributed by atoms with E-state index in [9.17, 15) is 4.79 Å². The van der Waals surface area contributed by atoms with Gasteiger partial charge in [-0.15, -0.1) is 0 Å². The molecule has 19 heavy (non-hydrogen) atoms. The number of carbonyl (C=O) groups is 1. The summed E-state index contributed by atoms with van der Waals surface area (Å²) >= 11 is 5.91. The summed E-state index contributed by atoms with van der Waals surface area (Å²) in [7, 11) is 1.61. The van der Waals surface area contributed by atoms with E-state index in [1.165, 1.54) is 0 Å². The molecule has 1 saturated heterocycles. The summed E-state index contributed by atoms with van der Waals surface area (Å²) in [6.45, 7) is 2.95. The van der Waals surface area contributed by atoms with Gasteiger partial charge in [0, 0.05) is 12.1 Å². The van der Waals surface area contributed by atoms with Crippen molar-refractivity contribution in [1.82, 2.24) is 10.6 Å². The molecule has 0 bridgehead atoms. The van der Waals surface area contributed by atoms with Crippen LogP contribution in [-0.2, 0) is 9.53 Å². The zero-order valence-electron chi connectivity index (χ0n) is 10.9. The van der Waals surface area contributed by atoms with Crippen LogP contribution in [0.3, 0.4) is 0 Å². The summed E-state index contributed by atoms with van der Waals surface area (Å²) in [6, 6.07) is 5.05. The molecule has 0 spiro atoms. The van der Waals surface area contributed by atoms with E-state index >= 15 is 0 Å². The summed E-state index contributed by atoms with van der Waals surface area (Å²) in [5.41, 5.74) is 1.87. The summed E-state index contributed by atoms with van der Waals surface area (Å²) < 4.78 is 4.91. The Labute approximate surface area is 117 Å². The highest BCUT2D eigenvalue weighted by molar-refractivity contribution is 6.30. The number of carbonyl (C=O) groups excluding carboxylic acids is 1. The monoisotopic (exact) mass is 281 g/mol. The van der Waals surface area contributed by atoms with Gasteiger partial charge in [0.1, 0.15) is 6.04 Å².